The van der Waals surface area contributed by atoms with Crippen LogP contribution < -0.4 is 10.2 Å². The van der Waals surface area contributed by atoms with Crippen molar-refractivity contribution < 1.29 is 13.9 Å². The quantitative estimate of drug-likeness (QED) is 0.643. The molecule has 29 heavy (non-hydrogen) atoms. The largest absolute Gasteiger partial charge is 0.497 e. The molecule has 8 heteroatoms. The fourth-order valence-electron chi connectivity index (χ4n) is 3.52. The van der Waals surface area contributed by atoms with E-state index in [0.717, 1.165) is 30.0 Å². The van der Waals surface area contributed by atoms with Gasteiger partial charge in [0.1, 0.15) is 16.8 Å². The van der Waals surface area contributed by atoms with Crippen LogP contribution in [0.3, 0.4) is 0 Å². The van der Waals surface area contributed by atoms with E-state index in [1.54, 1.807) is 7.11 Å². The Balaban J connectivity index is 1.53. The average Bonchev–Trinajstić information content (AvgIpc) is 3.52. The summed E-state index contributed by atoms with van der Waals surface area (Å²) in [7, 11) is 1.62. The number of ketones is 1. The molecule has 2 aromatic carbocycles. The predicted molar refractivity (Wildman–Crippen MR) is 107 cm³/mol. The maximum atomic E-state index is 13.3. The van der Waals surface area contributed by atoms with E-state index in [1.165, 1.54) is 36.0 Å². The Kier molecular flexibility index (Phi) is 4.50. The second-order valence-corrected chi connectivity index (χ2v) is 8.35. The van der Waals surface area contributed by atoms with E-state index in [9.17, 15) is 9.18 Å². The van der Waals surface area contributed by atoms with E-state index >= 15 is 0 Å². The maximum absolute atomic E-state index is 13.3. The van der Waals surface area contributed by atoms with Crippen molar-refractivity contribution in [2.24, 2.45) is 0 Å². The fraction of sp³-hybridized carbons (Fsp3) is 0.286. The van der Waals surface area contributed by atoms with Crippen LogP contribution in [0.25, 0.3) is 0 Å². The first-order chi connectivity index (χ1) is 14.1. The van der Waals surface area contributed by atoms with Crippen LogP contribution in [0.1, 0.15) is 46.5 Å². The zero-order valence-electron chi connectivity index (χ0n) is 15.7. The van der Waals surface area contributed by atoms with Crippen molar-refractivity contribution in [3.05, 3.63) is 71.3 Å². The molecule has 0 bridgehead atoms. The zero-order valence-corrected chi connectivity index (χ0v) is 16.5. The van der Waals surface area contributed by atoms with Gasteiger partial charge in [-0.05, 0) is 54.8 Å². The number of methoxy groups -OCH3 is 1. The highest BCUT2D eigenvalue weighted by Crippen LogP contribution is 2.44. The smallest absolute Gasteiger partial charge is 0.210 e. The van der Waals surface area contributed by atoms with Crippen LogP contribution in [-0.4, -0.2) is 33.0 Å². The zero-order chi connectivity index (χ0) is 20.0. The van der Waals surface area contributed by atoms with Crippen LogP contribution in [-0.2, 0) is 0 Å². The van der Waals surface area contributed by atoms with E-state index in [-0.39, 0.29) is 17.6 Å². The number of hydrogen-bond donors (Lipinski definition) is 1. The number of ether oxygens (including phenoxy) is 1. The highest BCUT2D eigenvalue weighted by molar-refractivity contribution is 8.00. The molecule has 1 N–H and O–H groups in total. The second-order valence-electron chi connectivity index (χ2n) is 7.24. The first kappa shape index (κ1) is 18.2. The van der Waals surface area contributed by atoms with Gasteiger partial charge in [-0.3, -0.25) is 4.79 Å². The Hall–Kier alpha value is -2.87. The highest BCUT2D eigenvalue weighted by Gasteiger charge is 2.40. The number of halogens is 1. The van der Waals surface area contributed by atoms with Crippen molar-refractivity contribution in [1.82, 2.24) is 14.9 Å². The predicted octanol–water partition coefficient (Wildman–Crippen LogP) is 3.95. The molecular weight excluding hydrogens is 391 g/mol. The maximum Gasteiger partial charge on any atom is 0.210 e. The van der Waals surface area contributed by atoms with Crippen LogP contribution in [0.15, 0.2) is 53.7 Å². The minimum Gasteiger partial charge on any atom is -0.497 e. The Morgan fingerprint density at radius 2 is 1.86 bits per heavy atom. The monoisotopic (exact) mass is 410 g/mol. The number of nitrogens with one attached hydrogen (secondary N) is 1. The molecule has 1 saturated carbocycles. The molecule has 0 unspecified atom stereocenters. The highest BCUT2D eigenvalue weighted by atomic mass is 32.2. The summed E-state index contributed by atoms with van der Waals surface area (Å²) in [5.41, 5.74) is 4.90. The summed E-state index contributed by atoms with van der Waals surface area (Å²) in [6.45, 7) is 0. The third kappa shape index (κ3) is 3.37. The van der Waals surface area contributed by atoms with Gasteiger partial charge in [-0.15, -0.1) is 10.2 Å². The molecule has 0 spiro atoms. The lowest BCUT2D eigenvalue weighted by Gasteiger charge is -2.33. The van der Waals surface area contributed by atoms with Crippen LogP contribution >= 0.6 is 11.8 Å². The molecule has 0 amide bonds. The number of Topliss-reactive ketones (excluding diaryl/α,β-unsaturated/α-hetero) is 1. The summed E-state index contributed by atoms with van der Waals surface area (Å²) >= 11 is 1.40. The Morgan fingerprint density at radius 1 is 1.14 bits per heavy atom. The van der Waals surface area contributed by atoms with Crippen molar-refractivity contribution in [2.75, 3.05) is 12.5 Å². The summed E-state index contributed by atoms with van der Waals surface area (Å²) in [5, 5.41) is 8.85. The van der Waals surface area contributed by atoms with Crippen molar-refractivity contribution in [2.45, 2.75) is 35.2 Å². The molecule has 3 aromatic rings. The van der Waals surface area contributed by atoms with Crippen LogP contribution in [0, 0.1) is 5.82 Å². The van der Waals surface area contributed by atoms with Crippen molar-refractivity contribution in [3.63, 3.8) is 0 Å². The number of carbonyl (C=O) groups is 1. The van der Waals surface area contributed by atoms with E-state index in [0.29, 0.717) is 16.6 Å². The Labute approximate surface area is 171 Å². The Morgan fingerprint density at radius 3 is 2.52 bits per heavy atom. The second kappa shape index (κ2) is 7.18. The van der Waals surface area contributed by atoms with Crippen molar-refractivity contribution in [1.29, 1.82) is 0 Å². The van der Waals surface area contributed by atoms with E-state index in [2.05, 4.69) is 15.6 Å². The van der Waals surface area contributed by atoms with E-state index < -0.39 is 5.25 Å². The SMILES string of the molecule is COc1ccc([C@H]2Nn3c(nnc3C3CC3)S[C@H]2C(=O)c2ccc(F)cc2)cc1. The third-order valence-electron chi connectivity index (χ3n) is 5.27. The van der Waals surface area contributed by atoms with Gasteiger partial charge in [0.2, 0.25) is 5.16 Å². The van der Waals surface area contributed by atoms with Crippen LogP contribution in [0.2, 0.25) is 0 Å². The lowest BCUT2D eigenvalue weighted by Crippen LogP contribution is -2.39. The minimum absolute atomic E-state index is 0.0782. The lowest BCUT2D eigenvalue weighted by atomic mass is 9.97. The molecule has 1 fully saturated rings. The lowest BCUT2D eigenvalue weighted by molar-refractivity contribution is 0.0980. The van der Waals surface area contributed by atoms with Crippen molar-refractivity contribution in [3.8, 4) is 5.75 Å². The molecule has 6 nitrogen and oxygen atoms in total. The third-order valence-corrected chi connectivity index (χ3v) is 6.48. The molecule has 1 aromatic heterocycles. The molecule has 1 aliphatic carbocycles. The van der Waals surface area contributed by atoms with Crippen LogP contribution in [0.4, 0.5) is 4.39 Å². The standard InChI is InChI=1S/C21H19FN4O2S/c1-28-16-10-6-12(7-11-16)17-19(18(27)13-4-8-15(22)9-5-13)29-21-24-23-20(14-2-3-14)26(21)25-17/h4-11,14,17,19,25H,2-3H2,1H3/t17-,19-/m1/s1. The summed E-state index contributed by atoms with van der Waals surface area (Å²) in [6.07, 6.45) is 2.21. The summed E-state index contributed by atoms with van der Waals surface area (Å²) in [4.78, 5) is 13.3. The molecule has 2 heterocycles. The molecule has 0 radical (unpaired) electrons. The Bertz CT molecular complexity index is 1050. The average molecular weight is 410 g/mol. The van der Waals surface area contributed by atoms with Gasteiger partial charge in [0.15, 0.2) is 11.6 Å². The van der Waals surface area contributed by atoms with E-state index in [1.807, 2.05) is 28.9 Å². The number of fused-ring (bicyclic) bond motifs is 1. The molecule has 2 atom stereocenters. The van der Waals surface area contributed by atoms with Gasteiger partial charge in [-0.25, -0.2) is 9.07 Å². The van der Waals surface area contributed by atoms with Gasteiger partial charge >= 0.3 is 0 Å². The van der Waals surface area contributed by atoms with Gasteiger partial charge in [0.25, 0.3) is 0 Å². The normalized spacial score (nSPS) is 20.6. The minimum atomic E-state index is -0.461. The van der Waals surface area contributed by atoms with Crippen molar-refractivity contribution >= 4 is 17.5 Å². The van der Waals surface area contributed by atoms with Gasteiger partial charge in [-0.2, -0.15) is 0 Å². The summed E-state index contributed by atoms with van der Waals surface area (Å²) in [6, 6.07) is 13.0. The summed E-state index contributed by atoms with van der Waals surface area (Å²) < 4.78 is 20.5. The number of thioether (sulfide) groups is 1. The van der Waals surface area contributed by atoms with Gasteiger partial charge < -0.3 is 10.2 Å². The molecule has 2 aliphatic rings. The first-order valence-corrected chi connectivity index (χ1v) is 10.3. The summed E-state index contributed by atoms with van der Waals surface area (Å²) in [5.74, 6) is 1.65. The van der Waals surface area contributed by atoms with E-state index in [4.69, 9.17) is 4.74 Å². The molecular formula is C21H19FN4O2S. The number of benzene rings is 2. The molecule has 148 valence electrons. The molecule has 0 saturated heterocycles. The topological polar surface area (TPSA) is 69.0 Å². The number of rotatable bonds is 5. The number of carbonyl (C=O) groups excluding carboxylic acids is 1. The number of hydrogen-bond acceptors (Lipinski definition) is 6. The number of nitrogens with zero attached hydrogens (tertiary/aromatic N) is 3. The van der Waals surface area contributed by atoms with Gasteiger partial charge in [0, 0.05) is 11.5 Å². The van der Waals surface area contributed by atoms with Gasteiger partial charge in [0.05, 0.1) is 13.2 Å². The first-order valence-electron chi connectivity index (χ1n) is 9.46. The van der Waals surface area contributed by atoms with Gasteiger partial charge in [-0.1, -0.05) is 23.9 Å². The number of aromatic nitrogens is 3. The molecule has 5 rings (SSSR count). The molecule has 1 aliphatic heterocycles. The van der Waals surface area contributed by atoms with Crippen LogP contribution in [0.5, 0.6) is 5.75 Å². The fourth-order valence-corrected chi connectivity index (χ4v) is 4.68.